The lowest BCUT2D eigenvalue weighted by Gasteiger charge is -2.22. The van der Waals surface area contributed by atoms with Crippen molar-refractivity contribution >= 4 is 40.0 Å². The van der Waals surface area contributed by atoms with Crippen molar-refractivity contribution < 1.29 is 9.59 Å². The van der Waals surface area contributed by atoms with Gasteiger partial charge in [0.25, 0.3) is 0 Å². The van der Waals surface area contributed by atoms with Crippen molar-refractivity contribution in [3.63, 3.8) is 0 Å². The maximum atomic E-state index is 11.9. The standard InChI is InChI=1S/C14H22N4O2S2/c1-9(2)12(20)16-13-17-18-14(22-13)21-8-11(19)15-10-6-4-3-5-7-10/h9-10H,3-8H2,1-2H3,(H,15,19)(H,16,17,20). The molecule has 0 aromatic carbocycles. The number of hydrogen-bond acceptors (Lipinski definition) is 6. The summed E-state index contributed by atoms with van der Waals surface area (Å²) < 4.78 is 0.692. The van der Waals surface area contributed by atoms with Gasteiger partial charge in [0.1, 0.15) is 0 Å². The molecule has 2 rings (SSSR count). The fraction of sp³-hybridized carbons (Fsp3) is 0.714. The van der Waals surface area contributed by atoms with Crippen LogP contribution in [0.15, 0.2) is 4.34 Å². The minimum Gasteiger partial charge on any atom is -0.353 e. The molecule has 1 saturated carbocycles. The summed E-state index contributed by atoms with van der Waals surface area (Å²) in [5.74, 6) is 0.201. The number of rotatable bonds is 6. The number of anilines is 1. The highest BCUT2D eigenvalue weighted by atomic mass is 32.2. The van der Waals surface area contributed by atoms with Crippen molar-refractivity contribution in [3.8, 4) is 0 Å². The molecule has 0 radical (unpaired) electrons. The van der Waals surface area contributed by atoms with Crippen LogP contribution in [-0.2, 0) is 9.59 Å². The normalized spacial score (nSPS) is 15.8. The van der Waals surface area contributed by atoms with Gasteiger partial charge in [-0.1, -0.05) is 56.2 Å². The summed E-state index contributed by atoms with van der Waals surface area (Å²) in [7, 11) is 0. The van der Waals surface area contributed by atoms with E-state index < -0.39 is 0 Å². The van der Waals surface area contributed by atoms with E-state index in [1.54, 1.807) is 0 Å². The van der Waals surface area contributed by atoms with Crippen molar-refractivity contribution in [2.24, 2.45) is 5.92 Å². The molecule has 1 aromatic heterocycles. The summed E-state index contributed by atoms with van der Waals surface area (Å²) in [5.41, 5.74) is 0. The van der Waals surface area contributed by atoms with E-state index in [0.29, 0.717) is 21.3 Å². The van der Waals surface area contributed by atoms with Gasteiger partial charge in [-0.05, 0) is 12.8 Å². The molecule has 1 fully saturated rings. The van der Waals surface area contributed by atoms with Gasteiger partial charge in [0.2, 0.25) is 16.9 Å². The van der Waals surface area contributed by atoms with Crippen LogP contribution in [0.3, 0.4) is 0 Å². The van der Waals surface area contributed by atoms with Crippen LogP contribution in [0.5, 0.6) is 0 Å². The number of carbonyl (C=O) groups is 2. The lowest BCUT2D eigenvalue weighted by atomic mass is 9.95. The summed E-state index contributed by atoms with van der Waals surface area (Å²) in [5, 5.41) is 14.2. The van der Waals surface area contributed by atoms with E-state index in [1.807, 2.05) is 13.8 Å². The topological polar surface area (TPSA) is 84.0 Å². The average molecular weight is 342 g/mol. The van der Waals surface area contributed by atoms with Gasteiger partial charge < -0.3 is 10.6 Å². The number of amides is 2. The molecule has 0 aliphatic heterocycles. The SMILES string of the molecule is CC(C)C(=O)Nc1nnc(SCC(=O)NC2CCCCC2)s1. The monoisotopic (exact) mass is 342 g/mol. The molecule has 122 valence electrons. The Labute approximate surface area is 138 Å². The van der Waals surface area contributed by atoms with Gasteiger partial charge in [-0.25, -0.2) is 0 Å². The fourth-order valence-corrected chi connectivity index (χ4v) is 3.78. The van der Waals surface area contributed by atoms with Gasteiger partial charge in [-0.2, -0.15) is 0 Å². The summed E-state index contributed by atoms with van der Waals surface area (Å²) >= 11 is 2.65. The second-order valence-electron chi connectivity index (χ2n) is 5.71. The number of nitrogens with one attached hydrogen (secondary N) is 2. The van der Waals surface area contributed by atoms with Gasteiger partial charge in [-0.3, -0.25) is 9.59 Å². The second kappa shape index (κ2) is 8.47. The van der Waals surface area contributed by atoms with Crippen LogP contribution in [0, 0.1) is 5.92 Å². The van der Waals surface area contributed by atoms with Crippen LogP contribution >= 0.6 is 23.1 Å². The Morgan fingerprint density at radius 2 is 2.00 bits per heavy atom. The van der Waals surface area contributed by atoms with Crippen LogP contribution in [0.2, 0.25) is 0 Å². The third kappa shape index (κ3) is 5.57. The minimum atomic E-state index is -0.0960. The molecule has 1 heterocycles. The molecule has 2 N–H and O–H groups in total. The van der Waals surface area contributed by atoms with Crippen molar-refractivity contribution in [2.45, 2.75) is 56.3 Å². The van der Waals surface area contributed by atoms with Gasteiger partial charge in [0.05, 0.1) is 5.75 Å². The third-order valence-electron chi connectivity index (χ3n) is 3.46. The summed E-state index contributed by atoms with van der Waals surface area (Å²) in [4.78, 5) is 23.5. The lowest BCUT2D eigenvalue weighted by Crippen LogP contribution is -2.37. The third-order valence-corrected chi connectivity index (χ3v) is 5.43. The van der Waals surface area contributed by atoms with E-state index in [-0.39, 0.29) is 17.7 Å². The molecule has 0 saturated heterocycles. The van der Waals surface area contributed by atoms with E-state index in [4.69, 9.17) is 0 Å². The van der Waals surface area contributed by atoms with Gasteiger partial charge in [0, 0.05) is 12.0 Å². The molecule has 1 aromatic rings. The molecule has 2 amide bonds. The quantitative estimate of drug-likeness (QED) is 0.613. The van der Waals surface area contributed by atoms with E-state index in [1.165, 1.54) is 42.4 Å². The number of carbonyl (C=O) groups excluding carboxylic acids is 2. The zero-order chi connectivity index (χ0) is 15.9. The molecule has 0 unspecified atom stereocenters. The van der Waals surface area contributed by atoms with E-state index >= 15 is 0 Å². The Morgan fingerprint density at radius 3 is 2.68 bits per heavy atom. The lowest BCUT2D eigenvalue weighted by molar-refractivity contribution is -0.120. The van der Waals surface area contributed by atoms with E-state index in [9.17, 15) is 9.59 Å². The first-order chi connectivity index (χ1) is 10.5. The number of thioether (sulfide) groups is 1. The van der Waals surface area contributed by atoms with Crippen LogP contribution < -0.4 is 10.6 Å². The molecule has 1 aliphatic carbocycles. The first-order valence-electron chi connectivity index (χ1n) is 7.61. The summed E-state index contributed by atoms with van der Waals surface area (Å²) in [6.07, 6.45) is 5.85. The first-order valence-corrected chi connectivity index (χ1v) is 9.41. The zero-order valence-electron chi connectivity index (χ0n) is 12.9. The van der Waals surface area contributed by atoms with E-state index in [0.717, 1.165) is 12.8 Å². The Kier molecular flexibility index (Phi) is 6.63. The Hall–Kier alpha value is -1.15. The molecular weight excluding hydrogens is 320 g/mol. The summed E-state index contributed by atoms with van der Waals surface area (Å²) in [6.45, 7) is 3.64. The fourth-order valence-electron chi connectivity index (χ4n) is 2.21. The molecule has 8 heteroatoms. The average Bonchev–Trinajstić information content (AvgIpc) is 2.93. The van der Waals surface area contributed by atoms with Crippen molar-refractivity contribution in [1.82, 2.24) is 15.5 Å². The number of aromatic nitrogens is 2. The van der Waals surface area contributed by atoms with Crippen LogP contribution in [0.1, 0.15) is 46.0 Å². The maximum Gasteiger partial charge on any atom is 0.230 e. The predicted octanol–water partition coefficient (Wildman–Crippen LogP) is 2.67. The molecule has 0 bridgehead atoms. The summed E-state index contributed by atoms with van der Waals surface area (Å²) in [6, 6.07) is 0.331. The van der Waals surface area contributed by atoms with Gasteiger partial charge >= 0.3 is 0 Å². The zero-order valence-corrected chi connectivity index (χ0v) is 14.6. The van der Waals surface area contributed by atoms with Crippen molar-refractivity contribution in [2.75, 3.05) is 11.1 Å². The van der Waals surface area contributed by atoms with E-state index in [2.05, 4.69) is 20.8 Å². The minimum absolute atomic E-state index is 0.0415. The molecule has 6 nitrogen and oxygen atoms in total. The Morgan fingerprint density at radius 1 is 1.27 bits per heavy atom. The molecule has 1 aliphatic rings. The molecule has 0 atom stereocenters. The predicted molar refractivity (Wildman–Crippen MR) is 89.1 cm³/mol. The number of hydrogen-bond donors (Lipinski definition) is 2. The molecule has 0 spiro atoms. The Bertz CT molecular complexity index is 513. The van der Waals surface area contributed by atoms with Crippen LogP contribution in [0.25, 0.3) is 0 Å². The van der Waals surface area contributed by atoms with Crippen molar-refractivity contribution in [1.29, 1.82) is 0 Å². The second-order valence-corrected chi connectivity index (χ2v) is 7.91. The highest BCUT2D eigenvalue weighted by Gasteiger charge is 2.16. The highest BCUT2D eigenvalue weighted by Crippen LogP contribution is 2.25. The highest BCUT2D eigenvalue weighted by molar-refractivity contribution is 8.01. The molecular formula is C14H22N4O2S2. The van der Waals surface area contributed by atoms with Crippen molar-refractivity contribution in [3.05, 3.63) is 0 Å². The number of nitrogens with zero attached hydrogens (tertiary/aromatic N) is 2. The largest absolute Gasteiger partial charge is 0.353 e. The van der Waals surface area contributed by atoms with Crippen LogP contribution in [-0.4, -0.2) is 33.8 Å². The molecule has 22 heavy (non-hydrogen) atoms. The first kappa shape index (κ1) is 17.2. The Balaban J connectivity index is 1.73. The van der Waals surface area contributed by atoms with Gasteiger partial charge in [-0.15, -0.1) is 10.2 Å². The van der Waals surface area contributed by atoms with Crippen LogP contribution in [0.4, 0.5) is 5.13 Å². The van der Waals surface area contributed by atoms with Gasteiger partial charge in [0.15, 0.2) is 4.34 Å². The smallest absolute Gasteiger partial charge is 0.230 e. The maximum absolute atomic E-state index is 11.9.